The zero-order chi connectivity index (χ0) is 22.8. The molecule has 0 aliphatic carbocycles. The quantitative estimate of drug-likeness (QED) is 0.378. The van der Waals surface area contributed by atoms with Gasteiger partial charge in [0, 0.05) is 30.8 Å². The van der Waals surface area contributed by atoms with Crippen LogP contribution in [0.3, 0.4) is 0 Å². The van der Waals surface area contributed by atoms with Crippen LogP contribution in [0.1, 0.15) is 24.2 Å². The van der Waals surface area contributed by atoms with Crippen LogP contribution >= 0.6 is 11.3 Å². The zero-order valence-corrected chi connectivity index (χ0v) is 19.7. The molecule has 3 aromatic carbocycles. The molecule has 5 rings (SSSR count). The minimum absolute atomic E-state index is 0.0378. The second-order valence-corrected chi connectivity index (χ2v) is 9.01. The Balaban J connectivity index is 1.52. The summed E-state index contributed by atoms with van der Waals surface area (Å²) in [7, 11) is 0. The Labute approximate surface area is 197 Å². The topological polar surface area (TPSA) is 54.9 Å². The van der Waals surface area contributed by atoms with E-state index in [4.69, 9.17) is 14.5 Å². The molecule has 4 aromatic rings. The summed E-state index contributed by atoms with van der Waals surface area (Å²) in [6.45, 7) is 8.59. The third-order valence-corrected chi connectivity index (χ3v) is 7.09. The van der Waals surface area contributed by atoms with E-state index in [1.807, 2.05) is 53.4 Å². The summed E-state index contributed by atoms with van der Waals surface area (Å²) < 4.78 is 12.4. The van der Waals surface area contributed by atoms with Gasteiger partial charge in [-0.1, -0.05) is 55.5 Å². The first kappa shape index (κ1) is 21.7. The number of carbonyl (C=O) groups is 1. The Morgan fingerprint density at radius 2 is 1.67 bits per heavy atom. The third-order valence-electron chi connectivity index (χ3n) is 6.05. The van der Waals surface area contributed by atoms with Crippen LogP contribution in [0.15, 0.2) is 54.6 Å². The van der Waals surface area contributed by atoms with Crippen molar-refractivity contribution in [2.75, 3.05) is 44.3 Å². The summed E-state index contributed by atoms with van der Waals surface area (Å²) in [6, 6.07) is 17.9. The molecule has 0 radical (unpaired) electrons. The first-order valence-corrected chi connectivity index (χ1v) is 12.2. The summed E-state index contributed by atoms with van der Waals surface area (Å²) in [6.07, 6.45) is 0. The van der Waals surface area contributed by atoms with Gasteiger partial charge in [0.1, 0.15) is 13.2 Å². The van der Waals surface area contributed by atoms with E-state index in [1.54, 1.807) is 0 Å². The van der Waals surface area contributed by atoms with Crippen molar-refractivity contribution < 1.29 is 14.3 Å². The van der Waals surface area contributed by atoms with E-state index in [9.17, 15) is 4.79 Å². The first-order chi connectivity index (χ1) is 16.2. The molecule has 33 heavy (non-hydrogen) atoms. The lowest BCUT2D eigenvalue weighted by Crippen LogP contribution is -2.38. The second kappa shape index (κ2) is 9.37. The zero-order valence-electron chi connectivity index (χ0n) is 18.9. The molecule has 1 amide bonds. The molecule has 0 atom stereocenters. The van der Waals surface area contributed by atoms with Crippen LogP contribution in [0, 0.1) is 0 Å². The molecule has 170 valence electrons. The van der Waals surface area contributed by atoms with Crippen LogP contribution in [0.5, 0.6) is 11.5 Å². The van der Waals surface area contributed by atoms with Crippen molar-refractivity contribution in [2.45, 2.75) is 13.8 Å². The molecule has 1 aromatic heterocycles. The van der Waals surface area contributed by atoms with Crippen molar-refractivity contribution in [2.24, 2.45) is 0 Å². The Hall–Kier alpha value is -3.16. The average Bonchev–Trinajstić information content (AvgIpc) is 3.27. The number of thiazole rings is 1. The molecule has 0 saturated heterocycles. The monoisotopic (exact) mass is 461 g/mol. The van der Waals surface area contributed by atoms with Crippen LogP contribution in [-0.4, -0.2) is 55.2 Å². The summed E-state index contributed by atoms with van der Waals surface area (Å²) in [4.78, 5) is 22.7. The molecule has 0 spiro atoms. The number of hydrogen-bond acceptors (Lipinski definition) is 6. The smallest absolute Gasteiger partial charge is 0.260 e. The molecule has 2 heterocycles. The number of fused-ring (bicyclic) bond motifs is 3. The van der Waals surface area contributed by atoms with Gasteiger partial charge in [0.25, 0.3) is 5.91 Å². The van der Waals surface area contributed by atoms with E-state index in [2.05, 4.69) is 24.8 Å². The number of rotatable bonds is 7. The molecule has 0 fully saturated rings. The third kappa shape index (κ3) is 4.38. The van der Waals surface area contributed by atoms with Crippen LogP contribution in [0.2, 0.25) is 0 Å². The van der Waals surface area contributed by atoms with Crippen LogP contribution in [0.4, 0.5) is 5.13 Å². The minimum Gasteiger partial charge on any atom is -0.486 e. The first-order valence-electron chi connectivity index (χ1n) is 11.4. The molecule has 6 nitrogen and oxygen atoms in total. The minimum atomic E-state index is -0.0378. The number of aromatic nitrogens is 1. The average molecular weight is 462 g/mol. The number of ether oxygens (including phenoxy) is 2. The van der Waals surface area contributed by atoms with Gasteiger partial charge in [0.05, 0.1) is 10.2 Å². The van der Waals surface area contributed by atoms with Crippen LogP contribution < -0.4 is 14.4 Å². The Bertz CT molecular complexity index is 1260. The Morgan fingerprint density at radius 1 is 0.939 bits per heavy atom. The standard InChI is InChI=1S/C26H27N3O3S/c1-3-28(4-2)11-12-29(25(30)20-10-9-18-7-5-6-8-19(18)15-20)26-27-21-16-22-23(17-24(21)33-26)32-14-13-31-22/h5-10,15-17H,3-4,11-14H2,1-2H3. The van der Waals surface area contributed by atoms with Crippen molar-refractivity contribution >= 4 is 43.4 Å². The SMILES string of the molecule is CCN(CC)CCN(C(=O)c1ccc2ccccc2c1)c1nc2cc3c(cc2s1)OCCO3. The molecule has 1 aliphatic rings. The van der Waals surface area contributed by atoms with Crippen LogP contribution in [-0.2, 0) is 0 Å². The van der Waals surface area contributed by atoms with Gasteiger partial charge in [-0.3, -0.25) is 9.69 Å². The van der Waals surface area contributed by atoms with E-state index in [0.29, 0.717) is 36.2 Å². The van der Waals surface area contributed by atoms with Gasteiger partial charge in [-0.15, -0.1) is 0 Å². The number of anilines is 1. The van der Waals surface area contributed by atoms with Crippen molar-refractivity contribution in [1.29, 1.82) is 0 Å². The maximum atomic E-state index is 13.7. The van der Waals surface area contributed by atoms with Crippen molar-refractivity contribution in [1.82, 2.24) is 9.88 Å². The van der Waals surface area contributed by atoms with Gasteiger partial charge in [-0.2, -0.15) is 0 Å². The van der Waals surface area contributed by atoms with Gasteiger partial charge >= 0.3 is 0 Å². The lowest BCUT2D eigenvalue weighted by atomic mass is 10.1. The number of nitrogens with zero attached hydrogens (tertiary/aromatic N) is 3. The predicted octanol–water partition coefficient (Wildman–Crippen LogP) is 5.21. The molecule has 0 bridgehead atoms. The van der Waals surface area contributed by atoms with Crippen LogP contribution in [0.25, 0.3) is 21.0 Å². The maximum Gasteiger partial charge on any atom is 0.260 e. The Kier molecular flexibility index (Phi) is 6.15. The summed E-state index contributed by atoms with van der Waals surface area (Å²) in [5.41, 5.74) is 1.48. The molecule has 1 aliphatic heterocycles. The highest BCUT2D eigenvalue weighted by Crippen LogP contribution is 2.39. The fourth-order valence-electron chi connectivity index (χ4n) is 4.11. The van der Waals surface area contributed by atoms with Gasteiger partial charge in [-0.05, 0) is 36.0 Å². The summed E-state index contributed by atoms with van der Waals surface area (Å²) in [5, 5.41) is 2.87. The summed E-state index contributed by atoms with van der Waals surface area (Å²) in [5.74, 6) is 1.41. The van der Waals surface area contributed by atoms with Gasteiger partial charge in [0.2, 0.25) is 0 Å². The van der Waals surface area contributed by atoms with Crippen molar-refractivity contribution in [3.8, 4) is 11.5 Å². The highest BCUT2D eigenvalue weighted by Gasteiger charge is 2.23. The van der Waals surface area contributed by atoms with E-state index in [1.165, 1.54) is 11.3 Å². The Morgan fingerprint density at radius 3 is 2.42 bits per heavy atom. The van der Waals surface area contributed by atoms with Gasteiger partial charge < -0.3 is 14.4 Å². The van der Waals surface area contributed by atoms with Gasteiger partial charge in [-0.25, -0.2) is 4.98 Å². The molecular weight excluding hydrogens is 434 g/mol. The second-order valence-electron chi connectivity index (χ2n) is 8.01. The number of amides is 1. The molecule has 0 saturated carbocycles. The predicted molar refractivity (Wildman–Crippen MR) is 134 cm³/mol. The maximum absolute atomic E-state index is 13.7. The highest BCUT2D eigenvalue weighted by molar-refractivity contribution is 7.22. The van der Waals surface area contributed by atoms with Crippen molar-refractivity contribution in [3.63, 3.8) is 0 Å². The molecule has 7 heteroatoms. The largest absolute Gasteiger partial charge is 0.486 e. The van der Waals surface area contributed by atoms with E-state index in [0.717, 1.165) is 46.4 Å². The molecular formula is C26H27N3O3S. The number of benzene rings is 3. The van der Waals surface area contributed by atoms with E-state index >= 15 is 0 Å². The normalized spacial score (nSPS) is 13.1. The van der Waals surface area contributed by atoms with Crippen molar-refractivity contribution in [3.05, 3.63) is 60.2 Å². The van der Waals surface area contributed by atoms with Gasteiger partial charge in [0.15, 0.2) is 16.6 Å². The molecule has 0 N–H and O–H groups in total. The fourth-order valence-corrected chi connectivity index (χ4v) is 5.11. The summed E-state index contributed by atoms with van der Waals surface area (Å²) >= 11 is 1.51. The lowest BCUT2D eigenvalue weighted by Gasteiger charge is -2.24. The highest BCUT2D eigenvalue weighted by atomic mass is 32.1. The lowest BCUT2D eigenvalue weighted by molar-refractivity contribution is 0.0984. The molecule has 0 unspecified atom stereocenters. The van der Waals surface area contributed by atoms with E-state index in [-0.39, 0.29) is 5.91 Å². The van der Waals surface area contributed by atoms with E-state index < -0.39 is 0 Å². The number of likely N-dealkylation sites (N-methyl/N-ethyl adjacent to an activating group) is 1. The number of carbonyl (C=O) groups excluding carboxylic acids is 1. The number of hydrogen-bond donors (Lipinski definition) is 0. The fraction of sp³-hybridized carbons (Fsp3) is 0.308.